The molecule has 0 aliphatic carbocycles. The summed E-state index contributed by atoms with van der Waals surface area (Å²) in [6.07, 6.45) is 6.44. The van der Waals surface area contributed by atoms with E-state index in [9.17, 15) is 9.90 Å². The van der Waals surface area contributed by atoms with Crippen LogP contribution in [0, 0.1) is 0 Å². The quantitative estimate of drug-likeness (QED) is 0.937. The minimum Gasteiger partial charge on any atom is -0.478 e. The Kier molecular flexibility index (Phi) is 3.86. The molecule has 2 aromatic rings. The second-order valence-electron chi connectivity index (χ2n) is 5.31. The van der Waals surface area contributed by atoms with Gasteiger partial charge in [-0.15, -0.1) is 0 Å². The van der Waals surface area contributed by atoms with Gasteiger partial charge in [-0.2, -0.15) is 0 Å². The molecule has 0 fully saturated rings. The Bertz CT molecular complexity index is 640. The monoisotopic (exact) mass is 282 g/mol. The molecule has 1 aromatic carbocycles. The molecule has 1 aliphatic heterocycles. The molecule has 1 aliphatic rings. The van der Waals surface area contributed by atoms with E-state index in [4.69, 9.17) is 0 Å². The molecule has 1 N–H and O–H groups in total. The Morgan fingerprint density at radius 1 is 1.29 bits per heavy atom. The second-order valence-corrected chi connectivity index (χ2v) is 5.31. The van der Waals surface area contributed by atoms with Gasteiger partial charge in [0.25, 0.3) is 0 Å². The SMILES string of the molecule is O=C(O)c1cccc2c1CCCN2CCc1cccnc1. The van der Waals surface area contributed by atoms with E-state index >= 15 is 0 Å². The summed E-state index contributed by atoms with van der Waals surface area (Å²) >= 11 is 0. The van der Waals surface area contributed by atoms with Gasteiger partial charge in [0.1, 0.15) is 0 Å². The summed E-state index contributed by atoms with van der Waals surface area (Å²) < 4.78 is 0. The van der Waals surface area contributed by atoms with Crippen molar-refractivity contribution < 1.29 is 9.90 Å². The van der Waals surface area contributed by atoms with Crippen LogP contribution in [-0.4, -0.2) is 29.1 Å². The zero-order valence-electron chi connectivity index (χ0n) is 11.8. The average Bonchev–Trinajstić information content (AvgIpc) is 2.53. The Balaban J connectivity index is 1.81. The van der Waals surface area contributed by atoms with Crippen molar-refractivity contribution in [2.24, 2.45) is 0 Å². The summed E-state index contributed by atoms with van der Waals surface area (Å²) in [5.74, 6) is -0.832. The van der Waals surface area contributed by atoms with Gasteiger partial charge in [-0.05, 0) is 48.6 Å². The van der Waals surface area contributed by atoms with E-state index in [-0.39, 0.29) is 0 Å². The number of hydrogen-bond acceptors (Lipinski definition) is 3. The first-order valence-corrected chi connectivity index (χ1v) is 7.25. The van der Waals surface area contributed by atoms with Gasteiger partial charge < -0.3 is 10.0 Å². The third kappa shape index (κ3) is 2.89. The summed E-state index contributed by atoms with van der Waals surface area (Å²) in [6.45, 7) is 1.87. The lowest BCUT2D eigenvalue weighted by Crippen LogP contribution is -2.32. The maximum atomic E-state index is 11.3. The topological polar surface area (TPSA) is 53.4 Å². The highest BCUT2D eigenvalue weighted by Gasteiger charge is 2.21. The molecule has 0 atom stereocenters. The zero-order valence-corrected chi connectivity index (χ0v) is 11.8. The van der Waals surface area contributed by atoms with Crippen LogP contribution in [0.25, 0.3) is 0 Å². The van der Waals surface area contributed by atoms with E-state index in [2.05, 4.69) is 16.0 Å². The van der Waals surface area contributed by atoms with Gasteiger partial charge in [-0.1, -0.05) is 12.1 Å². The standard InChI is InChI=1S/C17H18N2O2/c20-17(21)15-5-1-7-16-14(15)6-3-10-19(16)11-8-13-4-2-9-18-12-13/h1-2,4-5,7,9,12H,3,6,8,10-11H2,(H,20,21). The lowest BCUT2D eigenvalue weighted by molar-refractivity contribution is 0.0695. The number of carboxylic acid groups (broad SMARTS) is 1. The van der Waals surface area contributed by atoms with Crippen molar-refractivity contribution in [2.75, 3.05) is 18.0 Å². The van der Waals surface area contributed by atoms with Crippen LogP contribution in [-0.2, 0) is 12.8 Å². The van der Waals surface area contributed by atoms with Gasteiger partial charge in [0, 0.05) is 31.2 Å². The number of benzene rings is 1. The molecule has 0 radical (unpaired) electrons. The van der Waals surface area contributed by atoms with E-state index in [1.54, 1.807) is 12.3 Å². The first-order chi connectivity index (χ1) is 10.3. The van der Waals surface area contributed by atoms with Gasteiger partial charge >= 0.3 is 5.97 Å². The summed E-state index contributed by atoms with van der Waals surface area (Å²) in [6, 6.07) is 9.59. The second kappa shape index (κ2) is 5.95. The van der Waals surface area contributed by atoms with Crippen LogP contribution in [0.5, 0.6) is 0 Å². The normalized spacial score (nSPS) is 13.8. The molecule has 0 saturated heterocycles. The van der Waals surface area contributed by atoms with Crippen molar-refractivity contribution in [3.8, 4) is 0 Å². The van der Waals surface area contributed by atoms with Gasteiger partial charge in [-0.3, -0.25) is 4.98 Å². The summed E-state index contributed by atoms with van der Waals surface area (Å²) in [5, 5.41) is 9.31. The van der Waals surface area contributed by atoms with Crippen molar-refractivity contribution in [1.29, 1.82) is 0 Å². The zero-order chi connectivity index (χ0) is 14.7. The highest BCUT2D eigenvalue weighted by molar-refractivity contribution is 5.91. The van der Waals surface area contributed by atoms with E-state index in [0.29, 0.717) is 5.56 Å². The number of hydrogen-bond donors (Lipinski definition) is 1. The number of carbonyl (C=O) groups is 1. The largest absolute Gasteiger partial charge is 0.478 e. The van der Waals surface area contributed by atoms with Gasteiger partial charge in [0.2, 0.25) is 0 Å². The number of fused-ring (bicyclic) bond motifs is 1. The van der Waals surface area contributed by atoms with Crippen LogP contribution >= 0.6 is 0 Å². The van der Waals surface area contributed by atoms with E-state index in [1.165, 1.54) is 5.56 Å². The summed E-state index contributed by atoms with van der Waals surface area (Å²) in [7, 11) is 0. The van der Waals surface area contributed by atoms with Crippen molar-refractivity contribution in [1.82, 2.24) is 4.98 Å². The molecule has 0 unspecified atom stereocenters. The number of rotatable bonds is 4. The minimum atomic E-state index is -0.832. The number of anilines is 1. The molecule has 3 rings (SSSR count). The molecule has 0 saturated carbocycles. The predicted molar refractivity (Wildman–Crippen MR) is 81.9 cm³/mol. The van der Waals surface area contributed by atoms with Crippen LogP contribution in [0.1, 0.15) is 27.9 Å². The molecule has 4 nitrogen and oxygen atoms in total. The molecule has 21 heavy (non-hydrogen) atoms. The highest BCUT2D eigenvalue weighted by Crippen LogP contribution is 2.30. The van der Waals surface area contributed by atoms with E-state index in [1.807, 2.05) is 24.4 Å². The number of aromatic nitrogens is 1. The van der Waals surface area contributed by atoms with Crippen molar-refractivity contribution in [2.45, 2.75) is 19.3 Å². The average molecular weight is 282 g/mol. The van der Waals surface area contributed by atoms with Gasteiger partial charge in [-0.25, -0.2) is 4.79 Å². The molecule has 1 aromatic heterocycles. The highest BCUT2D eigenvalue weighted by atomic mass is 16.4. The lowest BCUT2D eigenvalue weighted by Gasteiger charge is -2.32. The molecular formula is C17H18N2O2. The van der Waals surface area contributed by atoms with Crippen LogP contribution < -0.4 is 4.90 Å². The van der Waals surface area contributed by atoms with Crippen LogP contribution in [0.4, 0.5) is 5.69 Å². The smallest absolute Gasteiger partial charge is 0.336 e. The van der Waals surface area contributed by atoms with Crippen LogP contribution in [0.3, 0.4) is 0 Å². The molecule has 0 bridgehead atoms. The number of pyridine rings is 1. The predicted octanol–water partition coefficient (Wildman–Crippen LogP) is 2.78. The Morgan fingerprint density at radius 3 is 2.95 bits per heavy atom. The Hall–Kier alpha value is -2.36. The minimum absolute atomic E-state index is 0.443. The summed E-state index contributed by atoms with van der Waals surface area (Å²) in [5.41, 5.74) is 3.70. The number of nitrogens with zero attached hydrogens (tertiary/aromatic N) is 2. The van der Waals surface area contributed by atoms with Crippen LogP contribution in [0.15, 0.2) is 42.7 Å². The fourth-order valence-electron chi connectivity index (χ4n) is 2.94. The maximum Gasteiger partial charge on any atom is 0.336 e. The van der Waals surface area contributed by atoms with E-state index < -0.39 is 5.97 Å². The molecule has 0 amide bonds. The fraction of sp³-hybridized carbons (Fsp3) is 0.294. The first-order valence-electron chi connectivity index (χ1n) is 7.25. The van der Waals surface area contributed by atoms with Crippen molar-refractivity contribution in [3.05, 3.63) is 59.4 Å². The fourth-order valence-corrected chi connectivity index (χ4v) is 2.94. The van der Waals surface area contributed by atoms with E-state index in [0.717, 1.165) is 43.6 Å². The number of aromatic carboxylic acids is 1. The van der Waals surface area contributed by atoms with Crippen LogP contribution in [0.2, 0.25) is 0 Å². The maximum absolute atomic E-state index is 11.3. The summed E-state index contributed by atoms with van der Waals surface area (Å²) in [4.78, 5) is 17.8. The Labute approximate surface area is 124 Å². The third-order valence-electron chi connectivity index (χ3n) is 3.97. The number of carboxylic acids is 1. The van der Waals surface area contributed by atoms with Crippen molar-refractivity contribution in [3.63, 3.8) is 0 Å². The molecular weight excluding hydrogens is 264 g/mol. The molecule has 108 valence electrons. The molecule has 2 heterocycles. The first kappa shape index (κ1) is 13.6. The Morgan fingerprint density at radius 2 is 2.19 bits per heavy atom. The lowest BCUT2D eigenvalue weighted by atomic mass is 9.96. The van der Waals surface area contributed by atoms with Gasteiger partial charge in [0.05, 0.1) is 5.56 Å². The van der Waals surface area contributed by atoms with Gasteiger partial charge in [0.15, 0.2) is 0 Å². The third-order valence-corrected chi connectivity index (χ3v) is 3.97. The van der Waals surface area contributed by atoms with Crippen molar-refractivity contribution >= 4 is 11.7 Å². The molecule has 0 spiro atoms. The molecule has 4 heteroatoms.